The number of aromatic hydroxyl groups is 1. The summed E-state index contributed by atoms with van der Waals surface area (Å²) in [4.78, 5) is 15.9. The third-order valence-corrected chi connectivity index (χ3v) is 3.05. The average Bonchev–Trinajstić information content (AvgIpc) is 2.34. The molecular weight excluding hydrogens is 236 g/mol. The Labute approximate surface area is 103 Å². The van der Waals surface area contributed by atoms with Crippen molar-refractivity contribution in [3.05, 3.63) is 52.4 Å². The third kappa shape index (κ3) is 2.68. The highest BCUT2D eigenvalue weighted by molar-refractivity contribution is 7.98. The number of phenols is 1. The van der Waals surface area contributed by atoms with Crippen molar-refractivity contribution in [3.8, 4) is 5.75 Å². The summed E-state index contributed by atoms with van der Waals surface area (Å²) in [5, 5.41) is 9.88. The number of hydrogen-bond acceptors (Lipinski definition) is 4. The first-order valence-electron chi connectivity index (χ1n) is 5.08. The van der Waals surface area contributed by atoms with Gasteiger partial charge in [-0.2, -0.15) is 0 Å². The van der Waals surface area contributed by atoms with Crippen LogP contribution in [0.1, 0.15) is 5.56 Å². The highest BCUT2D eigenvalue weighted by Crippen LogP contribution is 2.13. The summed E-state index contributed by atoms with van der Waals surface area (Å²) in [6.45, 7) is 0.461. The second-order valence-corrected chi connectivity index (χ2v) is 4.30. The minimum atomic E-state index is -0.0718. The molecule has 1 aromatic heterocycles. The van der Waals surface area contributed by atoms with Crippen LogP contribution in [0, 0.1) is 0 Å². The van der Waals surface area contributed by atoms with Crippen LogP contribution in [0.3, 0.4) is 0 Å². The molecule has 2 rings (SSSR count). The molecule has 0 spiro atoms. The van der Waals surface area contributed by atoms with Crippen molar-refractivity contribution in [1.82, 2.24) is 9.55 Å². The Morgan fingerprint density at radius 3 is 2.65 bits per heavy atom. The Kier molecular flexibility index (Phi) is 3.49. The van der Waals surface area contributed by atoms with E-state index in [2.05, 4.69) is 4.98 Å². The molecule has 0 aliphatic rings. The highest BCUT2D eigenvalue weighted by Gasteiger charge is 2.04. The standard InChI is InChI=1S/C12H12N2O2S/c1-17-12-13-7-6-11(16)14(12)8-9-2-4-10(15)5-3-9/h2-7,15H,8H2,1H3. The van der Waals surface area contributed by atoms with Crippen LogP contribution >= 0.6 is 11.8 Å². The Bertz CT molecular complexity index is 563. The number of aromatic nitrogens is 2. The number of phenolic OH excluding ortho intramolecular Hbond substituents is 1. The fraction of sp³-hybridized carbons (Fsp3) is 0.167. The summed E-state index contributed by atoms with van der Waals surface area (Å²) >= 11 is 1.43. The van der Waals surface area contributed by atoms with Gasteiger partial charge >= 0.3 is 0 Å². The van der Waals surface area contributed by atoms with Crippen LogP contribution in [0.15, 0.2) is 46.5 Å². The fourth-order valence-electron chi connectivity index (χ4n) is 1.51. The van der Waals surface area contributed by atoms with E-state index in [0.717, 1.165) is 5.56 Å². The molecule has 5 heteroatoms. The number of thioether (sulfide) groups is 1. The quantitative estimate of drug-likeness (QED) is 0.663. The van der Waals surface area contributed by atoms with E-state index in [0.29, 0.717) is 11.7 Å². The average molecular weight is 248 g/mol. The summed E-state index contributed by atoms with van der Waals surface area (Å²) < 4.78 is 1.61. The van der Waals surface area contributed by atoms with Crippen LogP contribution in [-0.2, 0) is 6.54 Å². The normalized spacial score (nSPS) is 10.4. The zero-order chi connectivity index (χ0) is 12.3. The molecule has 0 radical (unpaired) electrons. The first-order chi connectivity index (χ1) is 8.20. The predicted molar refractivity (Wildman–Crippen MR) is 67.5 cm³/mol. The van der Waals surface area contributed by atoms with Gasteiger partial charge < -0.3 is 5.11 Å². The monoisotopic (exact) mass is 248 g/mol. The lowest BCUT2D eigenvalue weighted by Gasteiger charge is -2.09. The first-order valence-corrected chi connectivity index (χ1v) is 6.31. The Hall–Kier alpha value is -1.75. The van der Waals surface area contributed by atoms with Gasteiger partial charge in [-0.3, -0.25) is 9.36 Å². The van der Waals surface area contributed by atoms with Crippen molar-refractivity contribution in [1.29, 1.82) is 0 Å². The molecule has 0 saturated carbocycles. The van der Waals surface area contributed by atoms with Gasteiger partial charge in [0.1, 0.15) is 5.75 Å². The van der Waals surface area contributed by atoms with Crippen LogP contribution in [-0.4, -0.2) is 20.9 Å². The van der Waals surface area contributed by atoms with Gasteiger partial charge in [-0.15, -0.1) is 0 Å². The number of benzene rings is 1. The third-order valence-electron chi connectivity index (χ3n) is 2.36. The molecule has 0 unspecified atom stereocenters. The topological polar surface area (TPSA) is 55.1 Å². The van der Waals surface area contributed by atoms with E-state index in [4.69, 9.17) is 0 Å². The zero-order valence-electron chi connectivity index (χ0n) is 9.33. The molecule has 0 saturated heterocycles. The fourth-order valence-corrected chi connectivity index (χ4v) is 2.05. The van der Waals surface area contributed by atoms with E-state index in [1.165, 1.54) is 24.0 Å². The zero-order valence-corrected chi connectivity index (χ0v) is 10.1. The van der Waals surface area contributed by atoms with Crippen LogP contribution in [0.5, 0.6) is 5.75 Å². The Morgan fingerprint density at radius 2 is 2.00 bits per heavy atom. The van der Waals surface area contributed by atoms with Crippen LogP contribution in [0.2, 0.25) is 0 Å². The second kappa shape index (κ2) is 5.05. The molecular formula is C12H12N2O2S. The largest absolute Gasteiger partial charge is 0.508 e. The van der Waals surface area contributed by atoms with E-state index in [1.54, 1.807) is 28.8 Å². The van der Waals surface area contributed by atoms with E-state index in [-0.39, 0.29) is 11.3 Å². The first kappa shape index (κ1) is 11.7. The SMILES string of the molecule is CSc1nccc(=O)n1Cc1ccc(O)cc1. The van der Waals surface area contributed by atoms with Crippen LogP contribution in [0.4, 0.5) is 0 Å². The number of nitrogens with zero attached hydrogens (tertiary/aromatic N) is 2. The van der Waals surface area contributed by atoms with E-state index < -0.39 is 0 Å². The van der Waals surface area contributed by atoms with Crippen LogP contribution in [0.25, 0.3) is 0 Å². The maximum atomic E-state index is 11.7. The maximum absolute atomic E-state index is 11.7. The molecule has 1 aromatic carbocycles. The lowest BCUT2D eigenvalue weighted by Crippen LogP contribution is -2.22. The van der Waals surface area contributed by atoms with Gasteiger partial charge in [0.05, 0.1) is 6.54 Å². The van der Waals surface area contributed by atoms with Crippen molar-refractivity contribution in [3.63, 3.8) is 0 Å². The van der Waals surface area contributed by atoms with Crippen molar-refractivity contribution in [2.75, 3.05) is 6.26 Å². The minimum Gasteiger partial charge on any atom is -0.508 e. The summed E-state index contributed by atoms with van der Waals surface area (Å²) in [6, 6.07) is 8.24. The van der Waals surface area contributed by atoms with Crippen molar-refractivity contribution < 1.29 is 5.11 Å². The van der Waals surface area contributed by atoms with Gasteiger partial charge in [0, 0.05) is 12.3 Å². The molecule has 0 bridgehead atoms. The Morgan fingerprint density at radius 1 is 1.29 bits per heavy atom. The summed E-state index contributed by atoms with van der Waals surface area (Å²) in [7, 11) is 0. The van der Waals surface area contributed by atoms with E-state index >= 15 is 0 Å². The van der Waals surface area contributed by atoms with E-state index in [9.17, 15) is 9.90 Å². The summed E-state index contributed by atoms with van der Waals surface area (Å²) in [5.41, 5.74) is 0.880. The molecule has 0 aliphatic carbocycles. The van der Waals surface area contributed by atoms with Gasteiger partial charge in [-0.1, -0.05) is 23.9 Å². The molecule has 0 amide bonds. The smallest absolute Gasteiger partial charge is 0.254 e. The van der Waals surface area contributed by atoms with Gasteiger partial charge in [0.15, 0.2) is 5.16 Å². The van der Waals surface area contributed by atoms with Crippen molar-refractivity contribution in [2.45, 2.75) is 11.7 Å². The minimum absolute atomic E-state index is 0.0718. The lowest BCUT2D eigenvalue weighted by atomic mass is 10.2. The van der Waals surface area contributed by atoms with Gasteiger partial charge in [0.2, 0.25) is 0 Å². The van der Waals surface area contributed by atoms with Crippen molar-refractivity contribution >= 4 is 11.8 Å². The number of hydrogen-bond donors (Lipinski definition) is 1. The second-order valence-electron chi connectivity index (χ2n) is 3.52. The highest BCUT2D eigenvalue weighted by atomic mass is 32.2. The van der Waals surface area contributed by atoms with E-state index in [1.807, 2.05) is 6.26 Å². The van der Waals surface area contributed by atoms with Crippen molar-refractivity contribution in [2.24, 2.45) is 0 Å². The molecule has 2 aromatic rings. The predicted octanol–water partition coefficient (Wildman–Crippen LogP) is 1.72. The molecule has 17 heavy (non-hydrogen) atoms. The molecule has 1 heterocycles. The molecule has 0 fully saturated rings. The molecule has 0 atom stereocenters. The Balaban J connectivity index is 2.35. The summed E-state index contributed by atoms with van der Waals surface area (Å²) in [5.74, 6) is 0.220. The molecule has 88 valence electrons. The van der Waals surface area contributed by atoms with Gasteiger partial charge in [-0.05, 0) is 24.0 Å². The van der Waals surface area contributed by atoms with Gasteiger partial charge in [-0.25, -0.2) is 4.98 Å². The maximum Gasteiger partial charge on any atom is 0.254 e. The molecule has 0 aliphatic heterocycles. The molecule has 1 N–H and O–H groups in total. The lowest BCUT2D eigenvalue weighted by molar-refractivity contribution is 0.475. The molecule has 4 nitrogen and oxygen atoms in total. The summed E-state index contributed by atoms with van der Waals surface area (Å²) in [6.07, 6.45) is 3.40. The number of rotatable bonds is 3. The van der Waals surface area contributed by atoms with Crippen LogP contribution < -0.4 is 5.56 Å². The van der Waals surface area contributed by atoms with Gasteiger partial charge in [0.25, 0.3) is 5.56 Å².